The van der Waals surface area contributed by atoms with Crippen LogP contribution in [0.4, 0.5) is 10.1 Å². The predicted molar refractivity (Wildman–Crippen MR) is 176 cm³/mol. The number of amides is 2. The third-order valence-corrected chi connectivity index (χ3v) is 9.54. The molecule has 0 bridgehead atoms. The summed E-state index contributed by atoms with van der Waals surface area (Å²) in [4.78, 5) is 29.6. The van der Waals surface area contributed by atoms with E-state index in [1.54, 1.807) is 48.5 Å². The molecular formula is C35H37ClFN3O4S. The number of hydrogen-bond acceptors (Lipinski definition) is 4. The van der Waals surface area contributed by atoms with Crippen LogP contribution >= 0.6 is 11.6 Å². The second-order valence-electron chi connectivity index (χ2n) is 11.0. The molecule has 7 nitrogen and oxygen atoms in total. The van der Waals surface area contributed by atoms with Gasteiger partial charge in [-0.25, -0.2) is 12.8 Å². The summed E-state index contributed by atoms with van der Waals surface area (Å²) in [5.74, 6) is -1.54. The van der Waals surface area contributed by atoms with Crippen LogP contribution in [-0.2, 0) is 32.6 Å². The van der Waals surface area contributed by atoms with Crippen molar-refractivity contribution in [3.63, 3.8) is 0 Å². The molecule has 0 fully saturated rings. The SMILES string of the molecule is CC[C@@H](C)NC(=O)[C@@H](Cc1ccccc1)N(Cc1cccc(Cl)c1)C(=O)CN(c1ccc(C)cc1)S(=O)(=O)c1ccc(F)cc1. The van der Waals surface area contributed by atoms with E-state index in [2.05, 4.69) is 5.32 Å². The Balaban J connectivity index is 1.80. The Kier molecular flexibility index (Phi) is 11.4. The minimum absolute atomic E-state index is 0.00313. The zero-order valence-corrected chi connectivity index (χ0v) is 27.1. The fourth-order valence-corrected chi connectivity index (χ4v) is 6.43. The number of aryl methyl sites for hydroxylation is 1. The number of anilines is 1. The standard InChI is InChI=1S/C35H37ClFN3O4S/c1-4-26(3)38-35(42)33(22-27-9-6-5-7-10-27)39(23-28-11-8-12-29(36)21-28)34(41)24-40(31-17-13-25(2)14-18-31)45(43,44)32-19-15-30(37)16-20-32/h5-21,26,33H,4,22-24H2,1-3H3,(H,38,42)/t26-,33-/m1/s1. The van der Waals surface area contributed by atoms with Crippen LogP contribution in [0.3, 0.4) is 0 Å². The smallest absolute Gasteiger partial charge is 0.264 e. The van der Waals surface area contributed by atoms with Crippen molar-refractivity contribution in [2.75, 3.05) is 10.8 Å². The second kappa shape index (κ2) is 15.2. The number of nitrogens with one attached hydrogen (secondary N) is 1. The van der Waals surface area contributed by atoms with Gasteiger partial charge in [0.1, 0.15) is 18.4 Å². The van der Waals surface area contributed by atoms with E-state index in [4.69, 9.17) is 11.6 Å². The van der Waals surface area contributed by atoms with Crippen LogP contribution in [0.15, 0.2) is 108 Å². The van der Waals surface area contributed by atoms with E-state index < -0.39 is 34.3 Å². The molecule has 0 aliphatic carbocycles. The maximum Gasteiger partial charge on any atom is 0.264 e. The second-order valence-corrected chi connectivity index (χ2v) is 13.3. The molecule has 0 radical (unpaired) electrons. The van der Waals surface area contributed by atoms with Gasteiger partial charge < -0.3 is 10.2 Å². The average molecular weight is 650 g/mol. The molecule has 0 aromatic heterocycles. The lowest BCUT2D eigenvalue weighted by Crippen LogP contribution is -2.54. The topological polar surface area (TPSA) is 86.8 Å². The molecular weight excluding hydrogens is 613 g/mol. The number of benzene rings is 4. The van der Waals surface area contributed by atoms with Gasteiger partial charge in [0.25, 0.3) is 10.0 Å². The molecule has 4 aromatic carbocycles. The van der Waals surface area contributed by atoms with Crippen molar-refractivity contribution < 1.29 is 22.4 Å². The molecule has 236 valence electrons. The van der Waals surface area contributed by atoms with Crippen LogP contribution in [0.1, 0.15) is 37.0 Å². The van der Waals surface area contributed by atoms with E-state index in [9.17, 15) is 22.4 Å². The molecule has 0 unspecified atom stereocenters. The summed E-state index contributed by atoms with van der Waals surface area (Å²) in [7, 11) is -4.32. The van der Waals surface area contributed by atoms with Gasteiger partial charge >= 0.3 is 0 Å². The maximum atomic E-state index is 14.5. The normalized spacial score (nSPS) is 12.6. The monoisotopic (exact) mass is 649 g/mol. The van der Waals surface area contributed by atoms with Crippen molar-refractivity contribution in [3.05, 3.63) is 131 Å². The average Bonchev–Trinajstić information content (AvgIpc) is 3.02. The number of carbonyl (C=O) groups excluding carboxylic acids is 2. The highest BCUT2D eigenvalue weighted by atomic mass is 35.5. The van der Waals surface area contributed by atoms with Gasteiger partial charge in [0.2, 0.25) is 11.8 Å². The van der Waals surface area contributed by atoms with Crippen molar-refractivity contribution in [2.24, 2.45) is 0 Å². The number of nitrogens with zero attached hydrogens (tertiary/aromatic N) is 2. The Hall–Kier alpha value is -4.21. The Labute approximate surface area is 269 Å². The molecule has 2 amide bonds. The molecule has 4 aromatic rings. The molecule has 0 aliphatic rings. The minimum Gasteiger partial charge on any atom is -0.352 e. The van der Waals surface area contributed by atoms with E-state index in [0.29, 0.717) is 17.0 Å². The third-order valence-electron chi connectivity index (χ3n) is 7.52. The summed E-state index contributed by atoms with van der Waals surface area (Å²) < 4.78 is 42.7. The highest BCUT2D eigenvalue weighted by Gasteiger charge is 2.35. The van der Waals surface area contributed by atoms with Crippen LogP contribution in [0.2, 0.25) is 5.02 Å². The lowest BCUT2D eigenvalue weighted by atomic mass is 10.0. The lowest BCUT2D eigenvalue weighted by Gasteiger charge is -2.34. The van der Waals surface area contributed by atoms with E-state index in [0.717, 1.165) is 39.7 Å². The van der Waals surface area contributed by atoms with E-state index in [1.165, 1.54) is 4.90 Å². The zero-order valence-electron chi connectivity index (χ0n) is 25.5. The van der Waals surface area contributed by atoms with E-state index in [1.807, 2.05) is 51.1 Å². The molecule has 0 heterocycles. The predicted octanol–water partition coefficient (Wildman–Crippen LogP) is 6.54. The summed E-state index contributed by atoms with van der Waals surface area (Å²) in [6.45, 7) is 5.10. The Bertz CT molecular complexity index is 1700. The molecule has 45 heavy (non-hydrogen) atoms. The first-order chi connectivity index (χ1) is 21.5. The number of halogens is 2. The highest BCUT2D eigenvalue weighted by Crippen LogP contribution is 2.26. The summed E-state index contributed by atoms with van der Waals surface area (Å²) in [6, 6.07) is 26.3. The van der Waals surface area contributed by atoms with Gasteiger partial charge in [-0.1, -0.05) is 78.7 Å². The number of carbonyl (C=O) groups is 2. The molecule has 0 saturated heterocycles. The van der Waals surface area contributed by atoms with Gasteiger partial charge in [-0.05, 0) is 79.9 Å². The quantitative estimate of drug-likeness (QED) is 0.178. The number of sulfonamides is 1. The fourth-order valence-electron chi connectivity index (χ4n) is 4.80. The first-order valence-electron chi connectivity index (χ1n) is 14.7. The third kappa shape index (κ3) is 8.93. The van der Waals surface area contributed by atoms with Gasteiger partial charge in [-0.3, -0.25) is 13.9 Å². The summed E-state index contributed by atoms with van der Waals surface area (Å²) in [6.07, 6.45) is 0.883. The summed E-state index contributed by atoms with van der Waals surface area (Å²) in [5.41, 5.74) is 2.66. The Morgan fingerprint density at radius 2 is 1.53 bits per heavy atom. The first-order valence-corrected chi connectivity index (χ1v) is 16.5. The highest BCUT2D eigenvalue weighted by molar-refractivity contribution is 7.92. The molecule has 2 atom stereocenters. The molecule has 0 saturated carbocycles. The van der Waals surface area contributed by atoms with Crippen LogP contribution in [0.5, 0.6) is 0 Å². The van der Waals surface area contributed by atoms with Crippen molar-refractivity contribution in [1.82, 2.24) is 10.2 Å². The first kappa shape index (κ1) is 33.7. The van der Waals surface area contributed by atoms with Gasteiger partial charge in [0.15, 0.2) is 0 Å². The van der Waals surface area contributed by atoms with E-state index >= 15 is 0 Å². The summed E-state index contributed by atoms with van der Waals surface area (Å²) in [5, 5.41) is 3.47. The fraction of sp³-hybridized carbons (Fsp3) is 0.257. The van der Waals surface area contributed by atoms with Gasteiger partial charge in [-0.2, -0.15) is 0 Å². The van der Waals surface area contributed by atoms with Crippen molar-refractivity contribution in [2.45, 2.75) is 57.1 Å². The Morgan fingerprint density at radius 3 is 2.16 bits per heavy atom. The van der Waals surface area contributed by atoms with Crippen LogP contribution in [0.25, 0.3) is 0 Å². The molecule has 4 rings (SSSR count). The van der Waals surface area contributed by atoms with Crippen LogP contribution in [-0.4, -0.2) is 43.8 Å². The largest absolute Gasteiger partial charge is 0.352 e. The zero-order chi connectivity index (χ0) is 32.6. The molecule has 10 heteroatoms. The van der Waals surface area contributed by atoms with Crippen molar-refractivity contribution in [3.8, 4) is 0 Å². The van der Waals surface area contributed by atoms with Gasteiger partial charge in [-0.15, -0.1) is 0 Å². The summed E-state index contributed by atoms with van der Waals surface area (Å²) >= 11 is 6.29. The van der Waals surface area contributed by atoms with Gasteiger partial charge in [0.05, 0.1) is 10.6 Å². The molecule has 1 N–H and O–H groups in total. The van der Waals surface area contributed by atoms with Crippen molar-refractivity contribution >= 4 is 39.1 Å². The molecule has 0 aliphatic heterocycles. The van der Waals surface area contributed by atoms with Crippen LogP contribution in [0, 0.1) is 12.7 Å². The van der Waals surface area contributed by atoms with Crippen molar-refractivity contribution in [1.29, 1.82) is 0 Å². The van der Waals surface area contributed by atoms with Crippen LogP contribution < -0.4 is 9.62 Å². The molecule has 0 spiro atoms. The van der Waals surface area contributed by atoms with Gasteiger partial charge in [0, 0.05) is 24.0 Å². The minimum atomic E-state index is -4.32. The maximum absolute atomic E-state index is 14.5. The number of hydrogen-bond donors (Lipinski definition) is 1. The van der Waals surface area contributed by atoms with E-state index in [-0.39, 0.29) is 35.5 Å². The number of rotatable bonds is 13. The lowest BCUT2D eigenvalue weighted by molar-refractivity contribution is -0.140. The Morgan fingerprint density at radius 1 is 0.889 bits per heavy atom.